The van der Waals surface area contributed by atoms with Crippen molar-refractivity contribution in [2.75, 3.05) is 31.1 Å². The molecule has 1 aromatic rings. The molecule has 2 heterocycles. The van der Waals surface area contributed by atoms with Crippen molar-refractivity contribution >= 4 is 17.8 Å². The molecular formula is C15H19N5O3. The first-order chi connectivity index (χ1) is 11.0. The van der Waals surface area contributed by atoms with E-state index in [-0.39, 0.29) is 12.5 Å². The monoisotopic (exact) mass is 317 g/mol. The first-order valence-corrected chi connectivity index (χ1v) is 7.37. The maximum atomic E-state index is 11.1. The Kier molecular flexibility index (Phi) is 5.36. The van der Waals surface area contributed by atoms with Gasteiger partial charge < -0.3 is 15.7 Å². The summed E-state index contributed by atoms with van der Waals surface area (Å²) >= 11 is 0. The number of hydrogen-bond acceptors (Lipinski definition) is 5. The number of pyridine rings is 1. The van der Waals surface area contributed by atoms with Crippen molar-refractivity contribution in [3.05, 3.63) is 23.9 Å². The molecule has 122 valence electrons. The van der Waals surface area contributed by atoms with E-state index in [4.69, 9.17) is 16.1 Å². The quantitative estimate of drug-likeness (QED) is 0.821. The second kappa shape index (κ2) is 7.45. The summed E-state index contributed by atoms with van der Waals surface area (Å²) in [6.07, 6.45) is 2.04. The first kappa shape index (κ1) is 16.5. The third-order valence-electron chi connectivity index (χ3n) is 3.91. The maximum absolute atomic E-state index is 11.1. The highest BCUT2D eigenvalue weighted by Crippen LogP contribution is 2.22. The van der Waals surface area contributed by atoms with Crippen LogP contribution in [0.3, 0.4) is 0 Å². The fourth-order valence-corrected chi connectivity index (χ4v) is 2.69. The summed E-state index contributed by atoms with van der Waals surface area (Å²) in [5.74, 6) is 0.362. The highest BCUT2D eigenvalue weighted by Gasteiger charge is 2.24. The van der Waals surface area contributed by atoms with Crippen LogP contribution in [-0.4, -0.2) is 53.2 Å². The summed E-state index contributed by atoms with van der Waals surface area (Å²) in [7, 11) is 0. The lowest BCUT2D eigenvalue weighted by Crippen LogP contribution is -2.43. The highest BCUT2D eigenvalue weighted by molar-refractivity contribution is 5.80. The van der Waals surface area contributed by atoms with Crippen LogP contribution in [0.2, 0.25) is 0 Å². The molecule has 0 atom stereocenters. The number of carboxylic acid groups (broad SMARTS) is 1. The average molecular weight is 317 g/mol. The van der Waals surface area contributed by atoms with Crippen LogP contribution >= 0.6 is 0 Å². The van der Waals surface area contributed by atoms with E-state index in [0.29, 0.717) is 12.1 Å². The molecule has 0 radical (unpaired) electrons. The predicted molar refractivity (Wildman–Crippen MR) is 82.7 cm³/mol. The van der Waals surface area contributed by atoms with Crippen LogP contribution in [0.1, 0.15) is 18.4 Å². The van der Waals surface area contributed by atoms with Crippen LogP contribution in [0.5, 0.6) is 0 Å². The molecule has 8 heteroatoms. The zero-order valence-corrected chi connectivity index (χ0v) is 12.7. The van der Waals surface area contributed by atoms with Gasteiger partial charge in [-0.1, -0.05) is 0 Å². The second-order valence-electron chi connectivity index (χ2n) is 5.58. The molecular weight excluding hydrogens is 298 g/mol. The SMILES string of the molecule is N#Cc1ccc(N2CCC(CN(CC(N)=O)C(=O)O)CC2)nc1. The number of nitrogens with two attached hydrogens (primary N) is 1. The van der Waals surface area contributed by atoms with Gasteiger partial charge in [-0.2, -0.15) is 5.26 Å². The zero-order chi connectivity index (χ0) is 16.8. The van der Waals surface area contributed by atoms with E-state index >= 15 is 0 Å². The van der Waals surface area contributed by atoms with Crippen molar-refractivity contribution in [2.24, 2.45) is 11.7 Å². The fraction of sp³-hybridized carbons (Fsp3) is 0.467. The summed E-state index contributed by atoms with van der Waals surface area (Å²) in [6.45, 7) is 1.56. The van der Waals surface area contributed by atoms with Crippen molar-refractivity contribution in [1.82, 2.24) is 9.88 Å². The Morgan fingerprint density at radius 3 is 2.61 bits per heavy atom. The Morgan fingerprint density at radius 1 is 1.43 bits per heavy atom. The molecule has 1 saturated heterocycles. The largest absolute Gasteiger partial charge is 0.465 e. The third kappa shape index (κ3) is 4.57. The minimum absolute atomic E-state index is 0.195. The number of hydrogen-bond donors (Lipinski definition) is 2. The van der Waals surface area contributed by atoms with Gasteiger partial charge in [-0.3, -0.25) is 9.69 Å². The number of primary amides is 1. The fourth-order valence-electron chi connectivity index (χ4n) is 2.69. The number of amides is 2. The van der Waals surface area contributed by atoms with Crippen LogP contribution in [0.15, 0.2) is 18.3 Å². The average Bonchev–Trinajstić information content (AvgIpc) is 2.54. The van der Waals surface area contributed by atoms with E-state index in [9.17, 15) is 9.59 Å². The number of piperidine rings is 1. The molecule has 0 spiro atoms. The van der Waals surface area contributed by atoms with Gasteiger partial charge in [-0.05, 0) is 30.9 Å². The van der Waals surface area contributed by atoms with Crippen LogP contribution in [0.25, 0.3) is 0 Å². The molecule has 1 aliphatic heterocycles. The molecule has 0 aliphatic carbocycles. The van der Waals surface area contributed by atoms with Gasteiger partial charge in [0.05, 0.1) is 5.56 Å². The van der Waals surface area contributed by atoms with Gasteiger partial charge in [0.2, 0.25) is 5.91 Å². The zero-order valence-electron chi connectivity index (χ0n) is 12.7. The van der Waals surface area contributed by atoms with Gasteiger partial charge in [0, 0.05) is 25.8 Å². The van der Waals surface area contributed by atoms with E-state index in [1.807, 2.05) is 12.1 Å². The summed E-state index contributed by atoms with van der Waals surface area (Å²) in [5.41, 5.74) is 5.60. The van der Waals surface area contributed by atoms with E-state index < -0.39 is 12.0 Å². The van der Waals surface area contributed by atoms with Crippen molar-refractivity contribution in [3.8, 4) is 6.07 Å². The van der Waals surface area contributed by atoms with Gasteiger partial charge in [-0.25, -0.2) is 9.78 Å². The summed E-state index contributed by atoms with van der Waals surface area (Å²) < 4.78 is 0. The van der Waals surface area contributed by atoms with Crippen LogP contribution < -0.4 is 10.6 Å². The van der Waals surface area contributed by atoms with Gasteiger partial charge in [0.25, 0.3) is 0 Å². The van der Waals surface area contributed by atoms with Crippen molar-refractivity contribution in [2.45, 2.75) is 12.8 Å². The number of rotatable bonds is 5. The Morgan fingerprint density at radius 2 is 2.13 bits per heavy atom. The minimum atomic E-state index is -1.13. The van der Waals surface area contributed by atoms with Gasteiger partial charge in [0.15, 0.2) is 0 Å². The molecule has 2 rings (SSSR count). The van der Waals surface area contributed by atoms with Crippen molar-refractivity contribution < 1.29 is 14.7 Å². The lowest BCUT2D eigenvalue weighted by molar-refractivity contribution is -0.119. The topological polar surface area (TPSA) is 124 Å². The standard InChI is InChI=1S/C15H19N5O3/c16-7-12-1-2-14(18-8-12)19-5-3-11(4-6-19)9-20(15(22)23)10-13(17)21/h1-2,8,11H,3-6,9-10H2,(H2,17,21)(H,22,23). The second-order valence-corrected chi connectivity index (χ2v) is 5.58. The summed E-state index contributed by atoms with van der Waals surface area (Å²) in [5, 5.41) is 17.9. The minimum Gasteiger partial charge on any atom is -0.465 e. The molecule has 8 nitrogen and oxygen atoms in total. The van der Waals surface area contributed by atoms with Crippen LogP contribution in [-0.2, 0) is 4.79 Å². The molecule has 1 aliphatic rings. The van der Waals surface area contributed by atoms with Crippen molar-refractivity contribution in [3.63, 3.8) is 0 Å². The van der Waals surface area contributed by atoms with E-state index in [1.54, 1.807) is 12.3 Å². The smallest absolute Gasteiger partial charge is 0.407 e. The number of anilines is 1. The first-order valence-electron chi connectivity index (χ1n) is 7.37. The summed E-state index contributed by atoms with van der Waals surface area (Å²) in [4.78, 5) is 29.5. The lowest BCUT2D eigenvalue weighted by Gasteiger charge is -2.34. The molecule has 23 heavy (non-hydrogen) atoms. The Bertz CT molecular complexity index is 603. The molecule has 1 fully saturated rings. The van der Waals surface area contributed by atoms with Gasteiger partial charge in [0.1, 0.15) is 18.4 Å². The molecule has 0 bridgehead atoms. The maximum Gasteiger partial charge on any atom is 0.407 e. The van der Waals surface area contributed by atoms with Crippen LogP contribution in [0.4, 0.5) is 10.6 Å². The van der Waals surface area contributed by atoms with Gasteiger partial charge in [-0.15, -0.1) is 0 Å². The molecule has 0 unspecified atom stereocenters. The molecule has 3 N–H and O–H groups in total. The van der Waals surface area contributed by atoms with Crippen molar-refractivity contribution in [1.29, 1.82) is 5.26 Å². The third-order valence-corrected chi connectivity index (χ3v) is 3.91. The Balaban J connectivity index is 1.88. The Hall–Kier alpha value is -2.82. The van der Waals surface area contributed by atoms with E-state index in [1.165, 1.54) is 0 Å². The van der Waals surface area contributed by atoms with Crippen LogP contribution in [0, 0.1) is 17.2 Å². The molecule has 1 aromatic heterocycles. The molecule has 2 amide bonds. The number of carbonyl (C=O) groups excluding carboxylic acids is 1. The Labute approximate surface area is 134 Å². The summed E-state index contributed by atoms with van der Waals surface area (Å²) in [6, 6.07) is 5.58. The van der Waals surface area contributed by atoms with E-state index in [0.717, 1.165) is 36.6 Å². The number of aromatic nitrogens is 1. The lowest BCUT2D eigenvalue weighted by atomic mass is 9.96. The van der Waals surface area contributed by atoms with E-state index in [2.05, 4.69) is 9.88 Å². The number of carbonyl (C=O) groups is 2. The number of nitrogens with zero attached hydrogens (tertiary/aromatic N) is 4. The predicted octanol–water partition coefficient (Wildman–Crippen LogP) is 0.635. The molecule has 0 aromatic carbocycles. The molecule has 0 saturated carbocycles. The highest BCUT2D eigenvalue weighted by atomic mass is 16.4. The number of nitriles is 1. The normalized spacial score (nSPS) is 15.0. The van der Waals surface area contributed by atoms with Gasteiger partial charge >= 0.3 is 6.09 Å².